The molecule has 0 aliphatic rings. The molecule has 4 heterocycles. The fourth-order valence-corrected chi connectivity index (χ4v) is 7.88. The van der Waals surface area contributed by atoms with E-state index in [2.05, 4.69) is 114 Å². The molecule has 0 atom stereocenters. The average Bonchev–Trinajstić information content (AvgIpc) is 3.78. The van der Waals surface area contributed by atoms with Crippen LogP contribution in [-0.2, 0) is 20.1 Å². The van der Waals surface area contributed by atoms with Crippen molar-refractivity contribution in [2.24, 2.45) is 0 Å². The number of para-hydroxylation sites is 1. The second kappa shape index (κ2) is 14.0. The molecule has 0 spiro atoms. The van der Waals surface area contributed by atoms with Crippen LogP contribution in [0.25, 0.3) is 83.0 Å². The van der Waals surface area contributed by atoms with Crippen molar-refractivity contribution < 1.29 is 24.5 Å². The van der Waals surface area contributed by atoms with Gasteiger partial charge in [-0.15, -0.1) is 54.1 Å². The molecule has 10 aromatic rings. The number of nitrogens with zero attached hydrogens (tertiary/aromatic N) is 4. The van der Waals surface area contributed by atoms with E-state index in [1.807, 2.05) is 79.1 Å². The number of imidazole rings is 1. The number of aromatic nitrogens is 4. The summed E-state index contributed by atoms with van der Waals surface area (Å²) in [6.07, 6.45) is 3.93. The molecule has 0 saturated carbocycles. The Bertz CT molecular complexity index is 2880. The Morgan fingerprint density at radius 1 is 0.585 bits per heavy atom. The van der Waals surface area contributed by atoms with Crippen LogP contribution < -0.4 is 5.19 Å². The molecule has 10 rings (SSSR count). The third-order valence-electron chi connectivity index (χ3n) is 9.57. The molecule has 0 N–H and O–H groups in total. The van der Waals surface area contributed by atoms with Crippen LogP contribution in [0.4, 0.5) is 0 Å². The summed E-state index contributed by atoms with van der Waals surface area (Å²) in [7, 11) is -1.23. The minimum atomic E-state index is -1.23. The molecule has 0 aliphatic carbocycles. The van der Waals surface area contributed by atoms with E-state index in [9.17, 15) is 0 Å². The van der Waals surface area contributed by atoms with Crippen LogP contribution in [-0.4, -0.2) is 27.6 Å². The summed E-state index contributed by atoms with van der Waals surface area (Å²) in [4.78, 5) is 14.5. The van der Waals surface area contributed by atoms with Crippen molar-refractivity contribution in [2.75, 3.05) is 0 Å². The Morgan fingerprint density at radius 3 is 2.08 bits per heavy atom. The monoisotopic (exact) mass is 879 g/mol. The molecule has 53 heavy (non-hydrogen) atoms. The molecule has 0 unspecified atom stereocenters. The predicted octanol–water partition coefficient (Wildman–Crippen LogP) is 11.2. The molecule has 4 aromatic heterocycles. The summed E-state index contributed by atoms with van der Waals surface area (Å²) in [5, 5.41) is 7.92. The van der Waals surface area contributed by atoms with Gasteiger partial charge in [-0.3, -0.25) is 4.98 Å². The first-order chi connectivity index (χ1) is 25.4. The zero-order valence-electron chi connectivity index (χ0n) is 29.5. The van der Waals surface area contributed by atoms with Crippen LogP contribution in [0, 0.1) is 12.1 Å². The van der Waals surface area contributed by atoms with Crippen LogP contribution in [0.15, 0.2) is 156 Å². The normalized spacial score (nSPS) is 11.5. The van der Waals surface area contributed by atoms with Gasteiger partial charge in [0.1, 0.15) is 11.1 Å². The van der Waals surface area contributed by atoms with E-state index in [0.29, 0.717) is 0 Å². The minimum absolute atomic E-state index is 0. The maximum absolute atomic E-state index is 6.62. The van der Waals surface area contributed by atoms with Gasteiger partial charge < -0.3 is 14.0 Å². The van der Waals surface area contributed by atoms with Gasteiger partial charge in [0.05, 0.1) is 19.5 Å². The molecule has 1 radical (unpaired) electrons. The van der Waals surface area contributed by atoms with Crippen LogP contribution in [0.3, 0.4) is 0 Å². The van der Waals surface area contributed by atoms with Crippen LogP contribution >= 0.6 is 0 Å². The predicted molar refractivity (Wildman–Crippen MR) is 217 cm³/mol. The molecule has 259 valence electrons. The van der Waals surface area contributed by atoms with E-state index in [-0.39, 0.29) is 20.1 Å². The number of hydrogen-bond donors (Lipinski definition) is 0. The molecular formula is C46H34IrN4OSi-2. The van der Waals surface area contributed by atoms with Crippen molar-refractivity contribution in [1.82, 2.24) is 19.5 Å². The number of benzene rings is 6. The van der Waals surface area contributed by atoms with Gasteiger partial charge in [0.25, 0.3) is 0 Å². The molecule has 7 heteroatoms. The zero-order valence-corrected chi connectivity index (χ0v) is 32.9. The first kappa shape index (κ1) is 34.4. The van der Waals surface area contributed by atoms with Gasteiger partial charge in [-0.2, -0.15) is 0 Å². The fraction of sp³-hybridized carbons (Fsp3) is 0.0652. The second-order valence-electron chi connectivity index (χ2n) is 13.9. The Balaban J connectivity index is 0.000000199. The number of rotatable bonds is 4. The fourth-order valence-electron chi connectivity index (χ4n) is 6.84. The first-order valence-corrected chi connectivity index (χ1v) is 20.9. The Labute approximate surface area is 322 Å². The van der Waals surface area contributed by atoms with Gasteiger partial charge in [0, 0.05) is 59.7 Å². The second-order valence-corrected chi connectivity index (χ2v) is 19.0. The molecular weight excluding hydrogens is 845 g/mol. The average molecular weight is 879 g/mol. The maximum atomic E-state index is 6.62. The topological polar surface area (TPSA) is 56.7 Å². The zero-order chi connectivity index (χ0) is 35.2. The first-order valence-electron chi connectivity index (χ1n) is 17.4. The third-order valence-corrected chi connectivity index (χ3v) is 11.6. The van der Waals surface area contributed by atoms with E-state index >= 15 is 0 Å². The van der Waals surface area contributed by atoms with E-state index < -0.39 is 8.07 Å². The van der Waals surface area contributed by atoms with E-state index in [4.69, 9.17) is 14.4 Å². The third kappa shape index (κ3) is 6.27. The van der Waals surface area contributed by atoms with Gasteiger partial charge in [-0.05, 0) is 28.4 Å². The van der Waals surface area contributed by atoms with E-state index in [1.54, 1.807) is 0 Å². The van der Waals surface area contributed by atoms with Crippen LogP contribution in [0.2, 0.25) is 19.6 Å². The summed E-state index contributed by atoms with van der Waals surface area (Å²) in [5.41, 5.74) is 7.20. The molecule has 0 bridgehead atoms. The van der Waals surface area contributed by atoms with Crippen molar-refractivity contribution in [3.8, 4) is 28.3 Å². The van der Waals surface area contributed by atoms with Crippen molar-refractivity contribution in [3.63, 3.8) is 0 Å². The van der Waals surface area contributed by atoms with Crippen molar-refractivity contribution in [2.45, 2.75) is 19.6 Å². The SMILES string of the molecule is C[Si](C)(C)c1ccc(-c2[c-]cccc2)nc1.[Ir].[c-]1ccc2c(oc3c4ccccc4ccc23)c1-c1nc2c3ccccc3cnc2n1-c1ccccc1. The van der Waals surface area contributed by atoms with Gasteiger partial charge in [-0.25, -0.2) is 4.98 Å². The van der Waals surface area contributed by atoms with E-state index in [1.165, 1.54) is 5.19 Å². The standard InChI is InChI=1S/C32H18N3O.C14H16NSi.Ir/c1-2-11-22(12-3-1)35-31(34-28-23-13-6-5-10-21(23)19-33-32(28)35)27-16-8-15-25-26-18-17-20-9-4-7-14-24(20)29(26)36-30(25)27;1-16(2,3)13-9-10-14(15-11-13)12-7-5-4-6-8-12;/h1-15,17-19H;4-7,9-11H,1-3H3;/q2*-1;. The van der Waals surface area contributed by atoms with Crippen LogP contribution in [0.1, 0.15) is 0 Å². The summed E-state index contributed by atoms with van der Waals surface area (Å²) in [6.45, 7) is 7.00. The number of pyridine rings is 2. The van der Waals surface area contributed by atoms with Gasteiger partial charge >= 0.3 is 0 Å². The Morgan fingerprint density at radius 2 is 1.32 bits per heavy atom. The van der Waals surface area contributed by atoms with E-state index in [0.717, 1.165) is 83.0 Å². The van der Waals surface area contributed by atoms with Gasteiger partial charge in [-0.1, -0.05) is 122 Å². The summed E-state index contributed by atoms with van der Waals surface area (Å²) < 4.78 is 8.73. The molecule has 0 fully saturated rings. The Kier molecular flexibility index (Phi) is 9.09. The molecule has 0 amide bonds. The van der Waals surface area contributed by atoms with Crippen molar-refractivity contribution in [3.05, 3.63) is 164 Å². The largest absolute Gasteiger partial charge is 0.500 e. The molecule has 5 nitrogen and oxygen atoms in total. The van der Waals surface area contributed by atoms with Gasteiger partial charge in [0.15, 0.2) is 5.65 Å². The minimum Gasteiger partial charge on any atom is -0.500 e. The van der Waals surface area contributed by atoms with Gasteiger partial charge in [0.2, 0.25) is 0 Å². The van der Waals surface area contributed by atoms with Crippen molar-refractivity contribution >= 4 is 67.9 Å². The van der Waals surface area contributed by atoms with Crippen LogP contribution in [0.5, 0.6) is 0 Å². The smallest absolute Gasteiger partial charge is 0.156 e. The Hall–Kier alpha value is -5.72. The number of furan rings is 1. The maximum Gasteiger partial charge on any atom is 0.156 e. The molecule has 6 aromatic carbocycles. The van der Waals surface area contributed by atoms with Crippen molar-refractivity contribution in [1.29, 1.82) is 0 Å². The molecule has 0 saturated heterocycles. The summed E-state index contributed by atoms with van der Waals surface area (Å²) in [6, 6.07) is 54.0. The number of fused-ring (bicyclic) bond motifs is 8. The summed E-state index contributed by atoms with van der Waals surface area (Å²) in [5.74, 6) is 0.758. The summed E-state index contributed by atoms with van der Waals surface area (Å²) >= 11 is 0. The quantitative estimate of drug-likeness (QED) is 0.131. The molecule has 0 aliphatic heterocycles. The number of hydrogen-bond acceptors (Lipinski definition) is 4.